The van der Waals surface area contributed by atoms with Crippen molar-refractivity contribution in [3.8, 4) is 0 Å². The van der Waals surface area contributed by atoms with Crippen molar-refractivity contribution in [2.24, 2.45) is 0 Å². The Balaban J connectivity index is 4.72. The highest BCUT2D eigenvalue weighted by Gasteiger charge is 2.47. The molecule has 0 saturated carbocycles. The van der Waals surface area contributed by atoms with Crippen molar-refractivity contribution in [2.45, 2.75) is 19.1 Å². The first-order valence-corrected chi connectivity index (χ1v) is 4.36. The number of hydrogen-bond donors (Lipinski definition) is 1. The van der Waals surface area contributed by atoms with Crippen molar-refractivity contribution in [2.75, 3.05) is 13.7 Å². The van der Waals surface area contributed by atoms with E-state index in [4.69, 9.17) is 0 Å². The van der Waals surface area contributed by atoms with Crippen molar-refractivity contribution >= 4 is 17.8 Å². The van der Waals surface area contributed by atoms with E-state index >= 15 is 0 Å². The lowest BCUT2D eigenvalue weighted by molar-refractivity contribution is -0.185. The summed E-state index contributed by atoms with van der Waals surface area (Å²) >= 11 is 0. The summed E-state index contributed by atoms with van der Waals surface area (Å²) in [7, 11) is 0.720. The van der Waals surface area contributed by atoms with Crippen LogP contribution in [0.4, 0.5) is 13.2 Å². The van der Waals surface area contributed by atoms with Crippen LogP contribution in [0.1, 0.15) is 6.92 Å². The molecule has 0 bridgehead atoms. The Labute approximate surface area is 94.1 Å². The number of halogens is 3. The van der Waals surface area contributed by atoms with Gasteiger partial charge in [-0.05, 0) is 6.92 Å². The minimum absolute atomic E-state index is 0.179. The lowest BCUT2D eigenvalue weighted by atomic mass is 10.3. The van der Waals surface area contributed by atoms with Gasteiger partial charge in [-0.1, -0.05) is 0 Å². The molecule has 1 amide bonds. The number of rotatable bonds is 3. The molecule has 0 saturated heterocycles. The molecule has 0 fully saturated rings. The minimum Gasteiger partial charge on any atom is -0.467 e. The van der Waals surface area contributed by atoms with Crippen LogP contribution in [-0.4, -0.2) is 43.8 Å². The molecular weight excluding hydrogens is 247 g/mol. The molecule has 0 radical (unpaired) electrons. The predicted octanol–water partition coefficient (Wildman–Crippen LogP) is -0.230. The number of alkyl halides is 3. The fraction of sp³-hybridized carbons (Fsp3) is 0.625. The zero-order chi connectivity index (χ0) is 13.6. The summed E-state index contributed by atoms with van der Waals surface area (Å²) in [6.45, 7) is 1.19. The molecular formula is C8H10F3NO5. The average Bonchev–Trinajstić information content (AvgIpc) is 2.23. The smallest absolute Gasteiger partial charge is 0.419 e. The summed E-state index contributed by atoms with van der Waals surface area (Å²) < 4.78 is 44.9. The summed E-state index contributed by atoms with van der Waals surface area (Å²) in [5.74, 6) is -4.90. The highest BCUT2D eigenvalue weighted by Crippen LogP contribution is 2.21. The third kappa shape index (κ3) is 4.70. The molecule has 0 aliphatic carbocycles. The van der Waals surface area contributed by atoms with Gasteiger partial charge in [0.2, 0.25) is 6.04 Å². The molecule has 6 nitrogen and oxygen atoms in total. The largest absolute Gasteiger partial charge is 0.467 e. The van der Waals surface area contributed by atoms with Gasteiger partial charge in [-0.2, -0.15) is 13.2 Å². The van der Waals surface area contributed by atoms with Crippen LogP contribution in [0.3, 0.4) is 0 Å². The number of carbonyl (C=O) groups excluding carboxylic acids is 3. The highest BCUT2D eigenvalue weighted by molar-refractivity contribution is 6.32. The second-order valence-corrected chi connectivity index (χ2v) is 2.69. The minimum atomic E-state index is -5.06. The monoisotopic (exact) mass is 257 g/mol. The van der Waals surface area contributed by atoms with E-state index in [0.717, 1.165) is 7.11 Å². The standard InChI is InChI=1S/C8H10F3NO5/c1-3-17-7(15)5(13)12-4(6(14)16-2)8(9,10)11/h4H,3H2,1-2H3,(H,12,13). The van der Waals surface area contributed by atoms with Crippen LogP contribution in [0.5, 0.6) is 0 Å². The third-order valence-electron chi connectivity index (χ3n) is 1.50. The second kappa shape index (κ2) is 6.06. The van der Waals surface area contributed by atoms with E-state index in [-0.39, 0.29) is 6.61 Å². The van der Waals surface area contributed by atoms with E-state index in [1.165, 1.54) is 12.2 Å². The second-order valence-electron chi connectivity index (χ2n) is 2.69. The quantitative estimate of drug-likeness (QED) is 0.558. The van der Waals surface area contributed by atoms with E-state index in [2.05, 4.69) is 9.47 Å². The van der Waals surface area contributed by atoms with Crippen molar-refractivity contribution in [3.05, 3.63) is 0 Å². The van der Waals surface area contributed by atoms with Gasteiger partial charge in [0, 0.05) is 0 Å². The Kier molecular flexibility index (Phi) is 5.42. The van der Waals surface area contributed by atoms with E-state index < -0.39 is 30.1 Å². The molecule has 0 spiro atoms. The maximum Gasteiger partial charge on any atom is 0.419 e. The fourth-order valence-corrected chi connectivity index (χ4v) is 0.779. The van der Waals surface area contributed by atoms with Gasteiger partial charge < -0.3 is 14.8 Å². The molecule has 0 heterocycles. The number of methoxy groups -OCH3 is 1. The van der Waals surface area contributed by atoms with Crippen LogP contribution in [-0.2, 0) is 23.9 Å². The highest BCUT2D eigenvalue weighted by atomic mass is 19.4. The van der Waals surface area contributed by atoms with Gasteiger partial charge in [-0.25, -0.2) is 9.59 Å². The van der Waals surface area contributed by atoms with Crippen LogP contribution in [0.15, 0.2) is 0 Å². The first-order chi connectivity index (χ1) is 7.73. The van der Waals surface area contributed by atoms with Gasteiger partial charge in [0.15, 0.2) is 0 Å². The van der Waals surface area contributed by atoms with E-state index in [1.54, 1.807) is 0 Å². The van der Waals surface area contributed by atoms with Gasteiger partial charge in [0.25, 0.3) is 0 Å². The molecule has 0 aromatic rings. The normalized spacial score (nSPS) is 12.5. The van der Waals surface area contributed by atoms with Crippen LogP contribution in [0, 0.1) is 0 Å². The van der Waals surface area contributed by atoms with Crippen molar-refractivity contribution in [1.29, 1.82) is 0 Å². The van der Waals surface area contributed by atoms with Crippen LogP contribution in [0.2, 0.25) is 0 Å². The topological polar surface area (TPSA) is 81.7 Å². The molecule has 1 unspecified atom stereocenters. The summed E-state index contributed by atoms with van der Waals surface area (Å²) in [4.78, 5) is 32.4. The van der Waals surface area contributed by atoms with Crippen LogP contribution in [0.25, 0.3) is 0 Å². The number of esters is 2. The fourth-order valence-electron chi connectivity index (χ4n) is 0.779. The predicted molar refractivity (Wildman–Crippen MR) is 46.6 cm³/mol. The maximum absolute atomic E-state index is 12.3. The maximum atomic E-state index is 12.3. The Morgan fingerprint density at radius 3 is 2.18 bits per heavy atom. The number of hydrogen-bond acceptors (Lipinski definition) is 5. The number of amides is 1. The van der Waals surface area contributed by atoms with Gasteiger partial charge in [-0.3, -0.25) is 4.79 Å². The SMILES string of the molecule is CCOC(=O)C(=O)NC(C(=O)OC)C(F)(F)F. The molecule has 0 aliphatic rings. The summed E-state index contributed by atoms with van der Waals surface area (Å²) in [6.07, 6.45) is -5.06. The molecule has 17 heavy (non-hydrogen) atoms. The van der Waals surface area contributed by atoms with Crippen LogP contribution >= 0.6 is 0 Å². The first-order valence-electron chi connectivity index (χ1n) is 4.36. The third-order valence-corrected chi connectivity index (χ3v) is 1.50. The number of nitrogens with one attached hydrogen (secondary N) is 1. The molecule has 9 heteroatoms. The van der Waals surface area contributed by atoms with Crippen molar-refractivity contribution in [1.82, 2.24) is 5.32 Å². The molecule has 0 rings (SSSR count). The molecule has 0 aromatic heterocycles. The van der Waals surface area contributed by atoms with E-state index in [1.807, 2.05) is 0 Å². The summed E-state index contributed by atoms with van der Waals surface area (Å²) in [5, 5.41) is 1.18. The number of ether oxygens (including phenoxy) is 2. The molecule has 1 atom stereocenters. The van der Waals surface area contributed by atoms with Crippen LogP contribution < -0.4 is 5.32 Å². The average molecular weight is 257 g/mol. The molecule has 1 N–H and O–H groups in total. The Morgan fingerprint density at radius 1 is 1.29 bits per heavy atom. The molecule has 98 valence electrons. The lowest BCUT2D eigenvalue weighted by Gasteiger charge is -2.18. The first kappa shape index (κ1) is 15.2. The number of carbonyl (C=O) groups is 3. The Bertz CT molecular complexity index is 315. The van der Waals surface area contributed by atoms with Crippen molar-refractivity contribution in [3.63, 3.8) is 0 Å². The zero-order valence-electron chi connectivity index (χ0n) is 8.96. The zero-order valence-corrected chi connectivity index (χ0v) is 8.96. The van der Waals surface area contributed by atoms with E-state index in [9.17, 15) is 27.6 Å². The van der Waals surface area contributed by atoms with E-state index in [0.29, 0.717) is 0 Å². The van der Waals surface area contributed by atoms with Gasteiger partial charge in [-0.15, -0.1) is 0 Å². The molecule has 0 aromatic carbocycles. The molecule has 0 aliphatic heterocycles. The lowest BCUT2D eigenvalue weighted by Crippen LogP contribution is -2.53. The summed E-state index contributed by atoms with van der Waals surface area (Å²) in [6, 6.07) is -2.90. The van der Waals surface area contributed by atoms with Gasteiger partial charge >= 0.3 is 24.0 Å². The Morgan fingerprint density at radius 2 is 1.82 bits per heavy atom. The van der Waals surface area contributed by atoms with Gasteiger partial charge in [0.05, 0.1) is 13.7 Å². The van der Waals surface area contributed by atoms with Gasteiger partial charge in [0.1, 0.15) is 0 Å². The Hall–Kier alpha value is -1.80. The summed E-state index contributed by atoms with van der Waals surface area (Å²) in [5.41, 5.74) is 0. The van der Waals surface area contributed by atoms with Crippen molar-refractivity contribution < 1.29 is 37.0 Å².